The molecule has 0 aliphatic carbocycles. The lowest BCUT2D eigenvalue weighted by Crippen LogP contribution is -2.38. The molecule has 0 saturated carbocycles. The second-order valence-electron chi connectivity index (χ2n) is 3.65. The summed E-state index contributed by atoms with van der Waals surface area (Å²) in [4.78, 5) is 1.92. The number of nitrogens with one attached hydrogen (secondary N) is 1. The zero-order valence-corrected chi connectivity index (χ0v) is 10.3. The van der Waals surface area contributed by atoms with E-state index in [2.05, 4.69) is 13.8 Å². The molecule has 2 nitrogen and oxygen atoms in total. The van der Waals surface area contributed by atoms with Gasteiger partial charge in [0, 0.05) is 30.3 Å². The molecule has 1 aliphatic heterocycles. The van der Waals surface area contributed by atoms with E-state index in [0.717, 1.165) is 16.8 Å². The average molecular weight is 218 g/mol. The van der Waals surface area contributed by atoms with Crippen molar-refractivity contribution in [2.45, 2.75) is 29.6 Å². The summed E-state index contributed by atoms with van der Waals surface area (Å²) in [7, 11) is 3.91. The fraction of sp³-hybridized carbons (Fsp3) is 0.889. The molecule has 1 rings (SSSR count). The lowest BCUT2D eigenvalue weighted by atomic mass is 10.3. The van der Waals surface area contributed by atoms with E-state index in [1.807, 2.05) is 42.5 Å². The smallest absolute Gasteiger partial charge is 0.109 e. The topological polar surface area (TPSA) is 27.1 Å². The van der Waals surface area contributed by atoms with Crippen LogP contribution in [0.1, 0.15) is 13.8 Å². The number of thioether (sulfide) groups is 2. The summed E-state index contributed by atoms with van der Waals surface area (Å²) < 4.78 is 0. The van der Waals surface area contributed by atoms with Gasteiger partial charge in [0.1, 0.15) is 5.84 Å². The van der Waals surface area contributed by atoms with Gasteiger partial charge in [-0.25, -0.2) is 0 Å². The minimum absolute atomic E-state index is 0.395. The predicted molar refractivity (Wildman–Crippen MR) is 64.2 cm³/mol. The third-order valence-electron chi connectivity index (χ3n) is 2.34. The molecule has 0 aromatic heterocycles. The number of nitrogens with zero attached hydrogens (tertiary/aromatic N) is 1. The Bertz CT molecular complexity index is 194. The Hall–Kier alpha value is 0.170. The molecule has 1 heterocycles. The Labute approximate surface area is 89.3 Å². The molecule has 1 aliphatic rings. The highest BCUT2D eigenvalue weighted by Crippen LogP contribution is 2.36. The highest BCUT2D eigenvalue weighted by atomic mass is 32.2. The fourth-order valence-corrected chi connectivity index (χ4v) is 4.18. The van der Waals surface area contributed by atoms with Crippen molar-refractivity contribution in [1.82, 2.24) is 4.90 Å². The molecular formula is C9H18N2S2. The summed E-state index contributed by atoms with van der Waals surface area (Å²) in [5.41, 5.74) is 0. The molecule has 1 fully saturated rings. The molecule has 0 aromatic carbocycles. The SMILES string of the molecule is CC1SCC(C(=N)N(C)C)SC1C. The van der Waals surface area contributed by atoms with Crippen LogP contribution in [-0.4, -0.2) is 46.3 Å². The maximum absolute atomic E-state index is 7.89. The van der Waals surface area contributed by atoms with Gasteiger partial charge in [-0.1, -0.05) is 13.8 Å². The van der Waals surface area contributed by atoms with E-state index in [9.17, 15) is 0 Å². The number of amidine groups is 1. The minimum atomic E-state index is 0.395. The van der Waals surface area contributed by atoms with Crippen molar-refractivity contribution in [2.24, 2.45) is 0 Å². The largest absolute Gasteiger partial charge is 0.366 e. The summed E-state index contributed by atoms with van der Waals surface area (Å²) in [5, 5.41) is 9.68. The van der Waals surface area contributed by atoms with Crippen molar-refractivity contribution in [3.8, 4) is 0 Å². The number of hydrogen-bond acceptors (Lipinski definition) is 3. The molecule has 13 heavy (non-hydrogen) atoms. The van der Waals surface area contributed by atoms with Crippen molar-refractivity contribution in [3.63, 3.8) is 0 Å². The Balaban J connectivity index is 2.50. The Morgan fingerprint density at radius 3 is 2.38 bits per heavy atom. The van der Waals surface area contributed by atoms with E-state index in [-0.39, 0.29) is 0 Å². The molecule has 76 valence electrons. The second kappa shape index (κ2) is 4.60. The summed E-state index contributed by atoms with van der Waals surface area (Å²) in [5.74, 6) is 1.85. The minimum Gasteiger partial charge on any atom is -0.366 e. The normalized spacial score (nSPS) is 34.3. The quantitative estimate of drug-likeness (QED) is 0.540. The first-order valence-electron chi connectivity index (χ1n) is 4.55. The molecule has 0 aromatic rings. The van der Waals surface area contributed by atoms with Crippen LogP contribution in [0.5, 0.6) is 0 Å². The van der Waals surface area contributed by atoms with Gasteiger partial charge in [-0.15, -0.1) is 11.8 Å². The number of hydrogen-bond donors (Lipinski definition) is 1. The molecule has 4 heteroatoms. The maximum atomic E-state index is 7.89. The van der Waals surface area contributed by atoms with Crippen LogP contribution in [-0.2, 0) is 0 Å². The van der Waals surface area contributed by atoms with Gasteiger partial charge in [-0.3, -0.25) is 5.41 Å². The first-order valence-corrected chi connectivity index (χ1v) is 6.54. The van der Waals surface area contributed by atoms with Crippen molar-refractivity contribution in [3.05, 3.63) is 0 Å². The van der Waals surface area contributed by atoms with E-state index in [1.165, 1.54) is 0 Å². The van der Waals surface area contributed by atoms with E-state index in [4.69, 9.17) is 5.41 Å². The molecule has 3 unspecified atom stereocenters. The molecule has 0 radical (unpaired) electrons. The zero-order valence-electron chi connectivity index (χ0n) is 8.70. The van der Waals surface area contributed by atoms with Gasteiger partial charge in [0.05, 0.1) is 5.25 Å². The Kier molecular flexibility index (Phi) is 3.98. The third kappa shape index (κ3) is 2.81. The fourth-order valence-electron chi connectivity index (χ4n) is 1.22. The zero-order chi connectivity index (χ0) is 10.0. The molecule has 1 N–H and O–H groups in total. The molecule has 0 amide bonds. The van der Waals surface area contributed by atoms with Gasteiger partial charge in [0.25, 0.3) is 0 Å². The van der Waals surface area contributed by atoms with Crippen LogP contribution in [0.15, 0.2) is 0 Å². The van der Waals surface area contributed by atoms with Crippen molar-refractivity contribution in [1.29, 1.82) is 5.41 Å². The lowest BCUT2D eigenvalue weighted by molar-refractivity contribution is 0.604. The van der Waals surface area contributed by atoms with Crippen molar-refractivity contribution in [2.75, 3.05) is 19.8 Å². The van der Waals surface area contributed by atoms with Crippen LogP contribution < -0.4 is 0 Å². The van der Waals surface area contributed by atoms with Gasteiger partial charge in [-0.05, 0) is 0 Å². The van der Waals surface area contributed by atoms with Gasteiger partial charge in [0.2, 0.25) is 0 Å². The number of rotatable bonds is 1. The van der Waals surface area contributed by atoms with Crippen molar-refractivity contribution < 1.29 is 0 Å². The second-order valence-corrected chi connectivity index (χ2v) is 6.64. The highest BCUT2D eigenvalue weighted by molar-refractivity contribution is 8.08. The van der Waals surface area contributed by atoms with Crippen LogP contribution >= 0.6 is 23.5 Å². The molecule has 0 spiro atoms. The monoisotopic (exact) mass is 218 g/mol. The van der Waals surface area contributed by atoms with Crippen LogP contribution in [0.2, 0.25) is 0 Å². The molecule has 3 atom stereocenters. The van der Waals surface area contributed by atoms with E-state index >= 15 is 0 Å². The van der Waals surface area contributed by atoms with Crippen molar-refractivity contribution >= 4 is 29.4 Å². The molecule has 0 bridgehead atoms. The van der Waals surface area contributed by atoms with Gasteiger partial charge in [0.15, 0.2) is 0 Å². The van der Waals surface area contributed by atoms with Crippen LogP contribution in [0.4, 0.5) is 0 Å². The van der Waals surface area contributed by atoms with Crippen LogP contribution in [0, 0.1) is 5.41 Å². The van der Waals surface area contributed by atoms with Gasteiger partial charge >= 0.3 is 0 Å². The summed E-state index contributed by atoms with van der Waals surface area (Å²) in [6.07, 6.45) is 0. The summed E-state index contributed by atoms with van der Waals surface area (Å²) in [6, 6.07) is 0. The third-order valence-corrected chi connectivity index (χ3v) is 5.74. The summed E-state index contributed by atoms with van der Waals surface area (Å²) in [6.45, 7) is 4.54. The van der Waals surface area contributed by atoms with Crippen LogP contribution in [0.25, 0.3) is 0 Å². The first kappa shape index (κ1) is 11.2. The highest BCUT2D eigenvalue weighted by Gasteiger charge is 2.28. The average Bonchev–Trinajstić information content (AvgIpc) is 2.08. The first-order chi connectivity index (χ1) is 6.02. The van der Waals surface area contributed by atoms with E-state index in [1.54, 1.807) is 0 Å². The van der Waals surface area contributed by atoms with E-state index < -0.39 is 0 Å². The maximum Gasteiger partial charge on any atom is 0.109 e. The predicted octanol–water partition coefficient (Wildman–Crippen LogP) is 2.15. The van der Waals surface area contributed by atoms with Gasteiger partial charge < -0.3 is 4.90 Å². The molecule has 1 saturated heterocycles. The van der Waals surface area contributed by atoms with Crippen LogP contribution in [0.3, 0.4) is 0 Å². The molecular weight excluding hydrogens is 200 g/mol. The Morgan fingerprint density at radius 2 is 1.92 bits per heavy atom. The van der Waals surface area contributed by atoms with Gasteiger partial charge in [-0.2, -0.15) is 11.8 Å². The van der Waals surface area contributed by atoms with E-state index in [0.29, 0.717) is 10.5 Å². The lowest BCUT2D eigenvalue weighted by Gasteiger charge is -2.33. The summed E-state index contributed by atoms with van der Waals surface area (Å²) >= 11 is 3.94. The standard InChI is InChI=1S/C9H18N2S2/c1-6-7(2)13-8(5-12-6)9(10)11(3)4/h6-8,10H,5H2,1-4H3. The Morgan fingerprint density at radius 1 is 1.31 bits per heavy atom.